The second-order valence-corrected chi connectivity index (χ2v) is 6.33. The highest BCUT2D eigenvalue weighted by molar-refractivity contribution is 7.76. The van der Waals surface area contributed by atoms with Crippen LogP contribution < -0.4 is 0 Å². The van der Waals surface area contributed by atoms with Crippen LogP contribution in [0.1, 0.15) is 21.5 Å². The Hall–Kier alpha value is -1.80. The van der Waals surface area contributed by atoms with E-state index < -0.39 is 23.1 Å². The molecule has 0 spiro atoms. The van der Waals surface area contributed by atoms with Crippen molar-refractivity contribution < 1.29 is 22.7 Å². The molecule has 0 radical (unpaired) electrons. The summed E-state index contributed by atoms with van der Waals surface area (Å²) < 4.78 is 42.5. The van der Waals surface area contributed by atoms with Gasteiger partial charge in [-0.25, -0.2) is 13.5 Å². The Morgan fingerprint density at radius 2 is 1.92 bits per heavy atom. The number of rotatable bonds is 6. The SMILES string of the molecule is COC(=O)c1ccc(CN(Cc2ccc(Cl)cc2)S(=O)[O-])c(F)c1. The van der Waals surface area contributed by atoms with Crippen molar-refractivity contribution in [3.63, 3.8) is 0 Å². The molecule has 0 saturated heterocycles. The summed E-state index contributed by atoms with van der Waals surface area (Å²) in [6.07, 6.45) is 0. The van der Waals surface area contributed by atoms with Crippen molar-refractivity contribution in [2.24, 2.45) is 0 Å². The maximum atomic E-state index is 14.1. The average Bonchev–Trinajstić information content (AvgIpc) is 2.56. The van der Waals surface area contributed by atoms with Crippen LogP contribution in [-0.2, 0) is 29.1 Å². The second-order valence-electron chi connectivity index (χ2n) is 4.94. The third-order valence-electron chi connectivity index (χ3n) is 3.30. The van der Waals surface area contributed by atoms with Crippen molar-refractivity contribution >= 4 is 28.8 Å². The van der Waals surface area contributed by atoms with E-state index in [2.05, 4.69) is 4.74 Å². The first-order valence-corrected chi connectivity index (χ1v) is 8.27. The molecule has 2 rings (SSSR count). The summed E-state index contributed by atoms with van der Waals surface area (Å²) in [6, 6.07) is 10.5. The molecule has 0 bridgehead atoms. The fourth-order valence-corrected chi connectivity index (χ4v) is 2.69. The molecule has 128 valence electrons. The number of hydrogen-bond donors (Lipinski definition) is 0. The fourth-order valence-electron chi connectivity index (χ4n) is 2.07. The van der Waals surface area contributed by atoms with Crippen molar-refractivity contribution in [2.45, 2.75) is 13.1 Å². The van der Waals surface area contributed by atoms with E-state index in [1.165, 1.54) is 19.2 Å². The Balaban J connectivity index is 2.17. The summed E-state index contributed by atoms with van der Waals surface area (Å²) in [5.74, 6) is -1.34. The van der Waals surface area contributed by atoms with Crippen molar-refractivity contribution in [2.75, 3.05) is 7.11 Å². The zero-order valence-electron chi connectivity index (χ0n) is 12.7. The zero-order valence-corrected chi connectivity index (χ0v) is 14.3. The van der Waals surface area contributed by atoms with Gasteiger partial charge in [0, 0.05) is 34.9 Å². The summed E-state index contributed by atoms with van der Waals surface area (Å²) in [7, 11) is 1.20. The first kappa shape index (κ1) is 18.5. The van der Waals surface area contributed by atoms with E-state index >= 15 is 0 Å². The van der Waals surface area contributed by atoms with Gasteiger partial charge in [-0.15, -0.1) is 0 Å². The van der Waals surface area contributed by atoms with Gasteiger partial charge in [0.05, 0.1) is 12.7 Å². The number of nitrogens with zero attached hydrogens (tertiary/aromatic N) is 1. The minimum absolute atomic E-state index is 0.0613. The van der Waals surface area contributed by atoms with Crippen LogP contribution in [0.15, 0.2) is 42.5 Å². The molecule has 0 fully saturated rings. The second kappa shape index (κ2) is 8.34. The maximum Gasteiger partial charge on any atom is 0.337 e. The Morgan fingerprint density at radius 1 is 1.25 bits per heavy atom. The highest BCUT2D eigenvalue weighted by Gasteiger charge is 2.14. The van der Waals surface area contributed by atoms with Crippen molar-refractivity contribution in [1.82, 2.24) is 4.31 Å². The minimum Gasteiger partial charge on any atom is -0.760 e. The van der Waals surface area contributed by atoms with E-state index in [1.54, 1.807) is 24.3 Å². The predicted molar refractivity (Wildman–Crippen MR) is 87.4 cm³/mol. The fraction of sp³-hybridized carbons (Fsp3) is 0.188. The minimum atomic E-state index is -2.54. The lowest BCUT2D eigenvalue weighted by atomic mass is 10.1. The normalized spacial score (nSPS) is 12.2. The van der Waals surface area contributed by atoms with Crippen LogP contribution in [0.5, 0.6) is 0 Å². The number of carbonyl (C=O) groups is 1. The van der Waals surface area contributed by atoms with Gasteiger partial charge in [0.15, 0.2) is 0 Å². The van der Waals surface area contributed by atoms with Crippen LogP contribution in [0.3, 0.4) is 0 Å². The molecular formula is C16H14ClFNO4S-. The molecular weight excluding hydrogens is 357 g/mol. The first-order chi connectivity index (χ1) is 11.4. The van der Waals surface area contributed by atoms with Crippen molar-refractivity contribution in [3.05, 3.63) is 70.0 Å². The summed E-state index contributed by atoms with van der Waals surface area (Å²) >= 11 is 3.25. The quantitative estimate of drug-likeness (QED) is 0.579. The van der Waals surface area contributed by atoms with Gasteiger partial charge in [-0.2, -0.15) is 0 Å². The molecule has 1 atom stereocenters. The third kappa shape index (κ3) is 4.85. The molecule has 0 saturated carbocycles. The molecule has 0 N–H and O–H groups in total. The Morgan fingerprint density at radius 3 is 2.46 bits per heavy atom. The highest BCUT2D eigenvalue weighted by atomic mass is 35.5. The number of methoxy groups -OCH3 is 1. The number of esters is 1. The van der Waals surface area contributed by atoms with Crippen LogP contribution >= 0.6 is 11.6 Å². The molecule has 2 aromatic carbocycles. The van der Waals surface area contributed by atoms with Crippen LogP contribution in [0.25, 0.3) is 0 Å². The molecule has 0 aromatic heterocycles. The summed E-state index contributed by atoms with van der Waals surface area (Å²) in [5, 5.41) is 0.540. The molecule has 0 heterocycles. The van der Waals surface area contributed by atoms with E-state index in [0.717, 1.165) is 15.9 Å². The van der Waals surface area contributed by atoms with E-state index in [9.17, 15) is 17.9 Å². The van der Waals surface area contributed by atoms with Gasteiger partial charge in [-0.1, -0.05) is 29.8 Å². The standard InChI is InChI=1S/C16H15ClFNO4S/c1-23-16(20)12-4-5-13(15(18)8-12)10-19(24(21)22)9-11-2-6-14(17)7-3-11/h2-8H,9-10H2,1H3,(H,21,22)/p-1. The summed E-state index contributed by atoms with van der Waals surface area (Å²) in [4.78, 5) is 11.4. The Bertz CT molecular complexity index is 754. The Labute approximate surface area is 146 Å². The smallest absolute Gasteiger partial charge is 0.337 e. The van der Waals surface area contributed by atoms with Crippen LogP contribution in [-0.4, -0.2) is 26.1 Å². The molecule has 8 heteroatoms. The largest absolute Gasteiger partial charge is 0.760 e. The molecule has 0 aliphatic carbocycles. The monoisotopic (exact) mass is 370 g/mol. The average molecular weight is 371 g/mol. The lowest BCUT2D eigenvalue weighted by Crippen LogP contribution is -2.25. The van der Waals surface area contributed by atoms with Crippen LogP contribution in [0, 0.1) is 5.82 Å². The van der Waals surface area contributed by atoms with Crippen molar-refractivity contribution in [3.8, 4) is 0 Å². The van der Waals surface area contributed by atoms with Gasteiger partial charge in [0.1, 0.15) is 5.82 Å². The Kier molecular flexibility index (Phi) is 6.44. The molecule has 2 aromatic rings. The summed E-state index contributed by atoms with van der Waals surface area (Å²) in [6.45, 7) is -0.0858. The number of hydrogen-bond acceptors (Lipinski definition) is 4. The third-order valence-corrected chi connectivity index (χ3v) is 4.24. The lowest BCUT2D eigenvalue weighted by molar-refractivity contribution is 0.0600. The molecule has 0 aliphatic rings. The molecule has 5 nitrogen and oxygen atoms in total. The van der Waals surface area contributed by atoms with Gasteiger partial charge in [0.2, 0.25) is 0 Å². The molecule has 0 amide bonds. The number of benzene rings is 2. The van der Waals surface area contributed by atoms with E-state index in [1.807, 2.05) is 0 Å². The topological polar surface area (TPSA) is 69.7 Å². The highest BCUT2D eigenvalue weighted by Crippen LogP contribution is 2.17. The number of carbonyl (C=O) groups excluding carboxylic acids is 1. The van der Waals surface area contributed by atoms with E-state index in [-0.39, 0.29) is 24.2 Å². The first-order valence-electron chi connectivity index (χ1n) is 6.86. The van der Waals surface area contributed by atoms with Crippen molar-refractivity contribution in [1.29, 1.82) is 0 Å². The van der Waals surface area contributed by atoms with Gasteiger partial charge in [0.25, 0.3) is 0 Å². The summed E-state index contributed by atoms with van der Waals surface area (Å²) in [5.41, 5.74) is 0.933. The molecule has 24 heavy (non-hydrogen) atoms. The zero-order chi connectivity index (χ0) is 17.7. The molecule has 0 aliphatic heterocycles. The van der Waals surface area contributed by atoms with Gasteiger partial charge >= 0.3 is 5.97 Å². The molecule has 1 unspecified atom stereocenters. The van der Waals surface area contributed by atoms with E-state index in [4.69, 9.17) is 11.6 Å². The maximum absolute atomic E-state index is 14.1. The van der Waals surface area contributed by atoms with Crippen LogP contribution in [0.4, 0.5) is 4.39 Å². The van der Waals surface area contributed by atoms with Crippen LogP contribution in [0.2, 0.25) is 5.02 Å². The van der Waals surface area contributed by atoms with E-state index in [0.29, 0.717) is 5.02 Å². The van der Waals surface area contributed by atoms with Gasteiger partial charge in [-0.05, 0) is 29.8 Å². The van der Waals surface area contributed by atoms with Gasteiger partial charge < -0.3 is 9.29 Å². The number of ether oxygens (including phenoxy) is 1. The lowest BCUT2D eigenvalue weighted by Gasteiger charge is -2.24. The predicted octanol–water partition coefficient (Wildman–Crippen LogP) is 3.06. The van der Waals surface area contributed by atoms with Gasteiger partial charge in [-0.3, -0.25) is 4.21 Å². The number of halogens is 2.